The van der Waals surface area contributed by atoms with Crippen molar-refractivity contribution < 1.29 is 12.8 Å². The number of hydrogen-bond acceptors (Lipinski definition) is 3. The Kier molecular flexibility index (Phi) is 3.81. The van der Waals surface area contributed by atoms with E-state index < -0.39 is 16.7 Å². The van der Waals surface area contributed by atoms with Gasteiger partial charge in [-0.1, -0.05) is 0 Å². The van der Waals surface area contributed by atoms with Gasteiger partial charge in [-0.05, 0) is 25.0 Å². The normalized spacial score (nSPS) is 11.8. The van der Waals surface area contributed by atoms with Crippen LogP contribution in [-0.2, 0) is 10.0 Å². The summed E-state index contributed by atoms with van der Waals surface area (Å²) in [7, 11) is -3.43. The number of fused-ring (bicyclic) bond motifs is 1. The van der Waals surface area contributed by atoms with Gasteiger partial charge in [0.2, 0.25) is 10.0 Å². The number of pyridine rings is 1. The van der Waals surface area contributed by atoms with Crippen LogP contribution in [0.2, 0.25) is 0 Å². The van der Waals surface area contributed by atoms with Crippen LogP contribution in [0.25, 0.3) is 11.0 Å². The summed E-state index contributed by atoms with van der Waals surface area (Å²) < 4.78 is 37.7. The number of halogens is 1. The summed E-state index contributed by atoms with van der Waals surface area (Å²) in [5.74, 6) is -0.0813. The highest BCUT2D eigenvalue weighted by atomic mass is 32.2. The molecule has 0 aliphatic heterocycles. The molecule has 5 nitrogen and oxygen atoms in total. The third-order valence-electron chi connectivity index (χ3n) is 2.47. The van der Waals surface area contributed by atoms with Gasteiger partial charge in [-0.3, -0.25) is 9.11 Å². The first-order valence-electron chi connectivity index (χ1n) is 5.60. The molecule has 0 bridgehead atoms. The second-order valence-electron chi connectivity index (χ2n) is 3.96. The maximum absolute atomic E-state index is 11.9. The summed E-state index contributed by atoms with van der Waals surface area (Å²) in [6.07, 6.45) is 3.75. The molecule has 98 valence electrons. The van der Waals surface area contributed by atoms with E-state index in [1.54, 1.807) is 12.3 Å². The van der Waals surface area contributed by atoms with Crippen LogP contribution in [-0.4, -0.2) is 30.8 Å². The molecule has 0 aliphatic carbocycles. The number of unbranched alkanes of at least 4 members (excludes halogenated alkanes) is 1. The molecular weight excluding hydrogens is 257 g/mol. The van der Waals surface area contributed by atoms with Gasteiger partial charge in [0.15, 0.2) is 0 Å². The number of nitrogens with zero attached hydrogens (tertiary/aromatic N) is 1. The molecule has 0 unspecified atom stereocenters. The van der Waals surface area contributed by atoms with Crippen molar-refractivity contribution in [1.82, 2.24) is 9.97 Å². The third kappa shape index (κ3) is 3.19. The van der Waals surface area contributed by atoms with Crippen molar-refractivity contribution in [3.05, 3.63) is 24.5 Å². The number of H-pyrrole nitrogens is 1. The molecule has 0 aromatic carbocycles. The Hall–Kier alpha value is -1.63. The van der Waals surface area contributed by atoms with E-state index in [0.717, 1.165) is 5.39 Å². The lowest BCUT2D eigenvalue weighted by atomic mass is 10.3. The van der Waals surface area contributed by atoms with Crippen LogP contribution >= 0.6 is 0 Å². The average Bonchev–Trinajstić information content (AvgIpc) is 2.75. The van der Waals surface area contributed by atoms with Gasteiger partial charge in [-0.25, -0.2) is 13.4 Å². The van der Waals surface area contributed by atoms with Crippen LogP contribution in [0.3, 0.4) is 0 Å². The lowest BCUT2D eigenvalue weighted by Crippen LogP contribution is -2.16. The lowest BCUT2D eigenvalue weighted by Gasteiger charge is -2.07. The Bertz CT molecular complexity index is 624. The maximum atomic E-state index is 11.9. The van der Waals surface area contributed by atoms with Crippen LogP contribution < -0.4 is 4.72 Å². The van der Waals surface area contributed by atoms with Crippen molar-refractivity contribution in [2.45, 2.75) is 12.8 Å². The third-order valence-corrected chi connectivity index (χ3v) is 3.84. The molecule has 0 fully saturated rings. The summed E-state index contributed by atoms with van der Waals surface area (Å²) in [6.45, 7) is -0.494. The largest absolute Gasteiger partial charge is 0.346 e. The van der Waals surface area contributed by atoms with E-state index in [-0.39, 0.29) is 12.2 Å². The Morgan fingerprint density at radius 2 is 2.22 bits per heavy atom. The van der Waals surface area contributed by atoms with Gasteiger partial charge in [0, 0.05) is 11.6 Å². The molecule has 0 atom stereocenters. The van der Waals surface area contributed by atoms with Gasteiger partial charge in [0.05, 0.1) is 24.3 Å². The van der Waals surface area contributed by atoms with E-state index in [1.807, 2.05) is 6.07 Å². The maximum Gasteiger partial charge on any atom is 0.232 e. The van der Waals surface area contributed by atoms with Crippen molar-refractivity contribution in [3.63, 3.8) is 0 Å². The zero-order valence-corrected chi connectivity index (χ0v) is 10.5. The van der Waals surface area contributed by atoms with E-state index in [1.165, 1.54) is 6.20 Å². The fourth-order valence-electron chi connectivity index (χ4n) is 1.61. The van der Waals surface area contributed by atoms with Crippen LogP contribution in [0.4, 0.5) is 10.1 Å². The summed E-state index contributed by atoms with van der Waals surface area (Å²) in [5, 5.41) is 0.832. The van der Waals surface area contributed by atoms with Crippen LogP contribution in [0.15, 0.2) is 24.5 Å². The standard InChI is InChI=1S/C11H14FN3O2S/c12-4-1-2-6-18(16,17)15-10-7-9-3-5-13-11(9)14-8-10/h3,5,7-8,15H,1-2,4,6H2,(H,13,14). The van der Waals surface area contributed by atoms with Crippen molar-refractivity contribution in [2.24, 2.45) is 0 Å². The number of nitrogens with one attached hydrogen (secondary N) is 2. The molecule has 7 heteroatoms. The molecule has 2 N–H and O–H groups in total. The molecule has 0 amide bonds. The highest BCUT2D eigenvalue weighted by Crippen LogP contribution is 2.16. The number of rotatable bonds is 6. The van der Waals surface area contributed by atoms with Gasteiger partial charge < -0.3 is 4.98 Å². The second-order valence-corrected chi connectivity index (χ2v) is 5.80. The zero-order chi connectivity index (χ0) is 13.0. The SMILES string of the molecule is O=S(=O)(CCCCF)Nc1cnc2[nH]ccc2c1. The van der Waals surface area contributed by atoms with Gasteiger partial charge in [0.1, 0.15) is 5.65 Å². The summed E-state index contributed by atoms with van der Waals surface area (Å²) in [5.41, 5.74) is 1.12. The number of sulfonamides is 1. The molecule has 0 spiro atoms. The van der Waals surface area contributed by atoms with Crippen LogP contribution in [0.5, 0.6) is 0 Å². The predicted molar refractivity (Wildman–Crippen MR) is 68.7 cm³/mol. The van der Waals surface area contributed by atoms with Gasteiger partial charge in [-0.15, -0.1) is 0 Å². The minimum Gasteiger partial charge on any atom is -0.346 e. The first-order chi connectivity index (χ1) is 8.61. The van der Waals surface area contributed by atoms with Crippen molar-refractivity contribution in [3.8, 4) is 0 Å². The Balaban J connectivity index is 2.07. The number of anilines is 1. The van der Waals surface area contributed by atoms with Crippen molar-refractivity contribution in [2.75, 3.05) is 17.1 Å². The fourth-order valence-corrected chi connectivity index (χ4v) is 2.77. The molecular formula is C11H14FN3O2S. The van der Waals surface area contributed by atoms with Gasteiger partial charge in [0.25, 0.3) is 0 Å². The zero-order valence-electron chi connectivity index (χ0n) is 9.69. The Labute approximate surface area is 104 Å². The van der Waals surface area contributed by atoms with Crippen LogP contribution in [0, 0.1) is 0 Å². The number of aromatic amines is 1. The molecule has 0 radical (unpaired) electrons. The molecule has 2 heterocycles. The van der Waals surface area contributed by atoms with E-state index in [9.17, 15) is 12.8 Å². The van der Waals surface area contributed by atoms with Gasteiger partial charge >= 0.3 is 0 Å². The monoisotopic (exact) mass is 271 g/mol. The quantitative estimate of drug-likeness (QED) is 0.790. The van der Waals surface area contributed by atoms with E-state index in [0.29, 0.717) is 17.8 Å². The second kappa shape index (κ2) is 5.34. The van der Waals surface area contributed by atoms with Crippen LogP contribution in [0.1, 0.15) is 12.8 Å². The molecule has 0 saturated heterocycles. The Morgan fingerprint density at radius 3 is 3.00 bits per heavy atom. The smallest absolute Gasteiger partial charge is 0.232 e. The topological polar surface area (TPSA) is 74.8 Å². The summed E-state index contributed by atoms with van der Waals surface area (Å²) in [6, 6.07) is 3.51. The van der Waals surface area contributed by atoms with Crippen molar-refractivity contribution in [1.29, 1.82) is 0 Å². The number of aromatic nitrogens is 2. The molecule has 0 saturated carbocycles. The number of hydrogen-bond donors (Lipinski definition) is 2. The first-order valence-corrected chi connectivity index (χ1v) is 7.25. The minimum absolute atomic E-state index is 0.0813. The lowest BCUT2D eigenvalue weighted by molar-refractivity contribution is 0.468. The molecule has 18 heavy (non-hydrogen) atoms. The molecule has 0 aliphatic rings. The molecule has 2 aromatic rings. The van der Waals surface area contributed by atoms with E-state index in [2.05, 4.69) is 14.7 Å². The number of alkyl halides is 1. The summed E-state index contributed by atoms with van der Waals surface area (Å²) in [4.78, 5) is 7.00. The molecule has 2 rings (SSSR count). The highest BCUT2D eigenvalue weighted by molar-refractivity contribution is 7.92. The average molecular weight is 271 g/mol. The molecule has 2 aromatic heterocycles. The predicted octanol–water partition coefficient (Wildman–Crippen LogP) is 2.05. The fraction of sp³-hybridized carbons (Fsp3) is 0.364. The minimum atomic E-state index is -3.43. The van der Waals surface area contributed by atoms with Gasteiger partial charge in [-0.2, -0.15) is 0 Å². The Morgan fingerprint density at radius 1 is 1.39 bits per heavy atom. The summed E-state index contributed by atoms with van der Waals surface area (Å²) >= 11 is 0. The van der Waals surface area contributed by atoms with E-state index in [4.69, 9.17) is 0 Å². The van der Waals surface area contributed by atoms with E-state index >= 15 is 0 Å². The highest BCUT2D eigenvalue weighted by Gasteiger charge is 2.10. The van der Waals surface area contributed by atoms with Crippen molar-refractivity contribution >= 4 is 26.7 Å². The first kappa shape index (κ1) is 12.8.